The van der Waals surface area contributed by atoms with Crippen molar-refractivity contribution in [2.24, 2.45) is 0 Å². The Morgan fingerprint density at radius 3 is 2.75 bits per heavy atom. The number of hydrogen-bond donors (Lipinski definition) is 2. The minimum absolute atomic E-state index is 0.136. The van der Waals surface area contributed by atoms with Crippen LogP contribution in [-0.4, -0.2) is 11.8 Å². The van der Waals surface area contributed by atoms with Crippen LogP contribution in [0.25, 0.3) is 0 Å². The van der Waals surface area contributed by atoms with Gasteiger partial charge in [0, 0.05) is 5.69 Å². The Hall–Kier alpha value is -3.07. The van der Waals surface area contributed by atoms with Gasteiger partial charge in [-0.1, -0.05) is 6.07 Å². The van der Waals surface area contributed by atoms with Gasteiger partial charge in [0.2, 0.25) is 0 Å². The fraction of sp³-hybridized carbons (Fsp3) is 0.0714. The van der Waals surface area contributed by atoms with Crippen molar-refractivity contribution in [1.82, 2.24) is 5.32 Å². The van der Waals surface area contributed by atoms with E-state index in [1.54, 1.807) is 30.3 Å². The molecule has 0 aliphatic rings. The number of benzene rings is 1. The number of anilines is 1. The van der Waals surface area contributed by atoms with E-state index in [-0.39, 0.29) is 6.54 Å². The van der Waals surface area contributed by atoms with Gasteiger partial charge in [0.05, 0.1) is 24.4 Å². The molecule has 1 heterocycles. The van der Waals surface area contributed by atoms with Gasteiger partial charge in [-0.25, -0.2) is 0 Å². The van der Waals surface area contributed by atoms with E-state index in [0.717, 1.165) is 0 Å². The number of nitrogens with zero attached hydrogens (tertiary/aromatic N) is 1. The van der Waals surface area contributed by atoms with E-state index in [1.807, 2.05) is 6.07 Å². The Morgan fingerprint density at radius 1 is 1.20 bits per heavy atom. The van der Waals surface area contributed by atoms with E-state index >= 15 is 0 Å². The van der Waals surface area contributed by atoms with Crippen LogP contribution >= 0.6 is 0 Å². The number of furan rings is 1. The molecule has 100 valence electrons. The van der Waals surface area contributed by atoms with Gasteiger partial charge < -0.3 is 15.1 Å². The average Bonchev–Trinajstić information content (AvgIpc) is 2.98. The molecule has 2 rings (SSSR count). The van der Waals surface area contributed by atoms with Gasteiger partial charge in [-0.2, -0.15) is 5.26 Å². The molecule has 6 nitrogen and oxygen atoms in total. The Morgan fingerprint density at radius 2 is 2.05 bits per heavy atom. The maximum absolute atomic E-state index is 11.6. The molecule has 0 saturated carbocycles. The van der Waals surface area contributed by atoms with Crippen LogP contribution in [0.5, 0.6) is 0 Å². The second-order valence-corrected chi connectivity index (χ2v) is 3.91. The Kier molecular flexibility index (Phi) is 4.14. The lowest BCUT2D eigenvalue weighted by Gasteiger charge is -2.05. The normalized spacial score (nSPS) is 9.55. The molecule has 0 saturated heterocycles. The van der Waals surface area contributed by atoms with Crippen LogP contribution in [0.15, 0.2) is 47.1 Å². The lowest BCUT2D eigenvalue weighted by atomic mass is 10.2. The van der Waals surface area contributed by atoms with Crippen molar-refractivity contribution in [2.75, 3.05) is 5.32 Å². The Balaban J connectivity index is 1.90. The summed E-state index contributed by atoms with van der Waals surface area (Å²) in [7, 11) is 0. The minimum atomic E-state index is -0.799. The van der Waals surface area contributed by atoms with E-state index in [4.69, 9.17) is 9.68 Å². The minimum Gasteiger partial charge on any atom is -0.467 e. The zero-order valence-electron chi connectivity index (χ0n) is 10.4. The zero-order chi connectivity index (χ0) is 14.4. The summed E-state index contributed by atoms with van der Waals surface area (Å²) in [6, 6.07) is 11.6. The molecule has 0 atom stereocenters. The van der Waals surface area contributed by atoms with E-state index in [1.165, 1.54) is 12.3 Å². The fourth-order valence-corrected chi connectivity index (χ4v) is 1.52. The molecule has 0 radical (unpaired) electrons. The highest BCUT2D eigenvalue weighted by Crippen LogP contribution is 2.09. The number of rotatable bonds is 3. The van der Waals surface area contributed by atoms with E-state index in [9.17, 15) is 9.59 Å². The van der Waals surface area contributed by atoms with Gasteiger partial charge in [0.1, 0.15) is 5.76 Å². The Bertz CT molecular complexity index is 657. The van der Waals surface area contributed by atoms with E-state index in [0.29, 0.717) is 17.0 Å². The molecule has 0 fully saturated rings. The predicted octanol–water partition coefficient (Wildman–Crippen LogP) is 1.41. The van der Waals surface area contributed by atoms with Crippen LogP contribution in [-0.2, 0) is 16.1 Å². The molecule has 0 spiro atoms. The van der Waals surface area contributed by atoms with Crippen molar-refractivity contribution < 1.29 is 14.0 Å². The monoisotopic (exact) mass is 269 g/mol. The molecular formula is C14H11N3O3. The molecule has 0 aliphatic carbocycles. The second kappa shape index (κ2) is 6.20. The maximum Gasteiger partial charge on any atom is 0.313 e. The second-order valence-electron chi connectivity index (χ2n) is 3.91. The third-order valence-electron chi connectivity index (χ3n) is 2.46. The van der Waals surface area contributed by atoms with Crippen molar-refractivity contribution in [2.45, 2.75) is 6.54 Å². The number of carbonyl (C=O) groups is 2. The summed E-state index contributed by atoms with van der Waals surface area (Å²) in [6.45, 7) is 0.136. The SMILES string of the molecule is N#Cc1cccc(NC(=O)C(=O)NCc2ccco2)c1. The number of nitriles is 1. The largest absolute Gasteiger partial charge is 0.467 e. The highest BCUT2D eigenvalue weighted by molar-refractivity contribution is 6.39. The summed E-state index contributed by atoms with van der Waals surface area (Å²) < 4.78 is 5.03. The molecule has 6 heteroatoms. The molecule has 0 aliphatic heterocycles. The number of nitrogens with one attached hydrogen (secondary N) is 2. The van der Waals surface area contributed by atoms with Gasteiger partial charge >= 0.3 is 11.8 Å². The van der Waals surface area contributed by atoms with Gasteiger partial charge in [0.25, 0.3) is 0 Å². The summed E-state index contributed by atoms with van der Waals surface area (Å²) in [6.07, 6.45) is 1.48. The van der Waals surface area contributed by atoms with Gasteiger partial charge in [-0.15, -0.1) is 0 Å². The average molecular weight is 269 g/mol. The van der Waals surface area contributed by atoms with Crippen molar-refractivity contribution in [3.8, 4) is 6.07 Å². The third-order valence-corrected chi connectivity index (χ3v) is 2.46. The Labute approximate surface area is 115 Å². The number of hydrogen-bond acceptors (Lipinski definition) is 4. The predicted molar refractivity (Wildman–Crippen MR) is 70.3 cm³/mol. The van der Waals surface area contributed by atoms with Crippen molar-refractivity contribution >= 4 is 17.5 Å². The zero-order valence-corrected chi connectivity index (χ0v) is 10.4. The number of carbonyl (C=O) groups excluding carboxylic acids is 2. The summed E-state index contributed by atoms with van der Waals surface area (Å²) in [4.78, 5) is 23.2. The van der Waals surface area contributed by atoms with Gasteiger partial charge in [0.15, 0.2) is 0 Å². The fourth-order valence-electron chi connectivity index (χ4n) is 1.52. The standard InChI is InChI=1S/C14H11N3O3/c15-8-10-3-1-4-11(7-10)17-14(19)13(18)16-9-12-5-2-6-20-12/h1-7H,9H2,(H,16,18)(H,17,19). The van der Waals surface area contributed by atoms with Crippen LogP contribution in [0.2, 0.25) is 0 Å². The molecule has 2 aromatic rings. The van der Waals surface area contributed by atoms with Gasteiger partial charge in [-0.05, 0) is 30.3 Å². The van der Waals surface area contributed by atoms with Crippen molar-refractivity contribution in [3.05, 3.63) is 54.0 Å². The molecule has 1 aromatic heterocycles. The van der Waals surface area contributed by atoms with Gasteiger partial charge in [-0.3, -0.25) is 9.59 Å². The molecular weight excluding hydrogens is 258 g/mol. The van der Waals surface area contributed by atoms with Crippen molar-refractivity contribution in [1.29, 1.82) is 5.26 Å². The highest BCUT2D eigenvalue weighted by atomic mass is 16.3. The quantitative estimate of drug-likeness (QED) is 0.823. The van der Waals surface area contributed by atoms with E-state index < -0.39 is 11.8 Å². The first-order valence-electron chi connectivity index (χ1n) is 5.81. The van der Waals surface area contributed by atoms with Crippen LogP contribution < -0.4 is 10.6 Å². The van der Waals surface area contributed by atoms with E-state index in [2.05, 4.69) is 10.6 Å². The summed E-state index contributed by atoms with van der Waals surface area (Å²) in [5.74, 6) is -1.02. The molecule has 2 N–H and O–H groups in total. The molecule has 0 unspecified atom stereocenters. The van der Waals surface area contributed by atoms with Crippen LogP contribution in [0.1, 0.15) is 11.3 Å². The first-order valence-corrected chi connectivity index (χ1v) is 5.81. The molecule has 20 heavy (non-hydrogen) atoms. The summed E-state index contributed by atoms with van der Waals surface area (Å²) >= 11 is 0. The molecule has 2 amide bonds. The van der Waals surface area contributed by atoms with Crippen molar-refractivity contribution in [3.63, 3.8) is 0 Å². The molecule has 0 bridgehead atoms. The first-order chi connectivity index (χ1) is 9.69. The lowest BCUT2D eigenvalue weighted by molar-refractivity contribution is -0.136. The smallest absolute Gasteiger partial charge is 0.313 e. The topological polar surface area (TPSA) is 95.1 Å². The first kappa shape index (κ1) is 13.4. The van der Waals surface area contributed by atoms with Crippen LogP contribution in [0, 0.1) is 11.3 Å². The number of amides is 2. The summed E-state index contributed by atoms with van der Waals surface area (Å²) in [5.41, 5.74) is 0.793. The third kappa shape index (κ3) is 3.46. The van der Waals surface area contributed by atoms with Crippen LogP contribution in [0.4, 0.5) is 5.69 Å². The maximum atomic E-state index is 11.6. The van der Waals surface area contributed by atoms with Crippen LogP contribution in [0.3, 0.4) is 0 Å². The highest BCUT2D eigenvalue weighted by Gasteiger charge is 2.13. The summed E-state index contributed by atoms with van der Waals surface area (Å²) in [5, 5.41) is 13.6. The lowest BCUT2D eigenvalue weighted by Crippen LogP contribution is -2.34. The molecule has 1 aromatic carbocycles.